The zero-order valence-corrected chi connectivity index (χ0v) is 30.8. The maximum atomic E-state index is 15.1. The first-order valence-corrected chi connectivity index (χ1v) is 17.0. The molecule has 2 fully saturated rings. The topological polar surface area (TPSA) is 169 Å². The van der Waals surface area contributed by atoms with E-state index in [1.165, 1.54) is 55.2 Å². The first kappa shape index (κ1) is 40.4. The predicted molar refractivity (Wildman–Crippen MR) is 182 cm³/mol. The zero-order chi connectivity index (χ0) is 39.6. The number of methoxy groups -OCH3 is 1. The second-order valence-corrected chi connectivity index (χ2v) is 13.3. The summed E-state index contributed by atoms with van der Waals surface area (Å²) < 4.78 is 71.9. The zero-order valence-electron chi connectivity index (χ0n) is 29.3. The van der Waals surface area contributed by atoms with Gasteiger partial charge in [-0.1, -0.05) is 28.4 Å². The number of hydrogen-bond donors (Lipinski definition) is 0. The number of esters is 3. The number of rotatable bonds is 10. The predicted octanol–water partition coefficient (Wildman–Crippen LogP) is 3.68. The van der Waals surface area contributed by atoms with E-state index in [1.54, 1.807) is 0 Å². The molecule has 7 atom stereocenters. The summed E-state index contributed by atoms with van der Waals surface area (Å²) in [6.45, 7) is 3.95. The minimum atomic E-state index is -1.70. The molecule has 5 rings (SSSR count). The summed E-state index contributed by atoms with van der Waals surface area (Å²) in [5, 5.41) is 8.31. The smallest absolute Gasteiger partial charge is 0.303 e. The van der Waals surface area contributed by atoms with Gasteiger partial charge in [-0.05, 0) is 30.3 Å². The van der Waals surface area contributed by atoms with Crippen LogP contribution in [0.15, 0.2) is 36.5 Å². The van der Waals surface area contributed by atoms with E-state index in [4.69, 9.17) is 46.9 Å². The van der Waals surface area contributed by atoms with Crippen LogP contribution in [0.4, 0.5) is 18.9 Å². The monoisotopic (exact) mass is 799 g/mol. The van der Waals surface area contributed by atoms with Gasteiger partial charge in [-0.2, -0.15) is 0 Å². The molecule has 290 valence electrons. The molecule has 0 N–H and O–H groups in total. The van der Waals surface area contributed by atoms with Crippen LogP contribution in [0, 0.1) is 17.5 Å². The minimum Gasteiger partial charge on any atom is -0.463 e. The third kappa shape index (κ3) is 8.77. The number of nitrogens with zero attached hydrogens (tertiary/aromatic N) is 5. The number of carbonyl (C=O) groups is 5. The summed E-state index contributed by atoms with van der Waals surface area (Å²) in [7, 11) is 1.22. The molecule has 1 aromatic heterocycles. The van der Waals surface area contributed by atoms with Crippen LogP contribution in [0.2, 0.25) is 10.0 Å². The van der Waals surface area contributed by atoms with Crippen LogP contribution in [0.25, 0.3) is 11.3 Å². The average molecular weight is 801 g/mol. The van der Waals surface area contributed by atoms with Gasteiger partial charge < -0.3 is 33.5 Å². The van der Waals surface area contributed by atoms with Crippen molar-refractivity contribution in [1.29, 1.82) is 0 Å². The molecule has 5 unspecified atom stereocenters. The molecule has 2 aliphatic rings. The van der Waals surface area contributed by atoms with E-state index in [2.05, 4.69) is 10.3 Å². The van der Waals surface area contributed by atoms with E-state index in [1.807, 2.05) is 0 Å². The lowest BCUT2D eigenvalue weighted by atomic mass is 9.90. The van der Waals surface area contributed by atoms with Gasteiger partial charge in [0.25, 0.3) is 5.91 Å². The van der Waals surface area contributed by atoms with Crippen molar-refractivity contribution in [3.8, 4) is 11.3 Å². The summed E-state index contributed by atoms with van der Waals surface area (Å²) in [5.41, 5.74) is -0.240. The average Bonchev–Trinajstić information content (AvgIpc) is 3.73. The maximum Gasteiger partial charge on any atom is 0.303 e. The quantitative estimate of drug-likeness (QED) is 0.166. The van der Waals surface area contributed by atoms with E-state index >= 15 is 4.79 Å². The van der Waals surface area contributed by atoms with Gasteiger partial charge in [0, 0.05) is 62.6 Å². The van der Waals surface area contributed by atoms with Crippen molar-refractivity contribution in [3.63, 3.8) is 0 Å². The first-order valence-electron chi connectivity index (χ1n) is 16.3. The molecule has 2 amide bonds. The standard InChI is InChI=1S/C34H34Cl2F3N5O10/c1-15(45)42-12-26(27(13-42)52-17(3)47)44(22-9-20(35)8-21(36)10-22)34(49)33-32(50-5)30(31(53-18(4)48)28(54-33)14-51-16(2)46)43-11-25(40-41-43)19-6-23(37)29(39)24(38)7-19/h6-11,26-28,30-33H,12-14H2,1-5H3/t26-,27-,28?,30?,31?,32?,33?/m0/s1. The molecule has 3 aromatic rings. The van der Waals surface area contributed by atoms with Crippen molar-refractivity contribution in [2.24, 2.45) is 0 Å². The molecule has 2 saturated heterocycles. The summed E-state index contributed by atoms with van der Waals surface area (Å²) in [5.74, 6) is -8.16. The Morgan fingerprint density at radius 1 is 0.889 bits per heavy atom. The fourth-order valence-corrected chi connectivity index (χ4v) is 7.02. The Balaban J connectivity index is 1.67. The fraction of sp³-hybridized carbons (Fsp3) is 0.441. The van der Waals surface area contributed by atoms with Crippen LogP contribution in [0.1, 0.15) is 33.7 Å². The Morgan fingerprint density at radius 3 is 2.07 bits per heavy atom. The van der Waals surface area contributed by atoms with Crippen molar-refractivity contribution in [1.82, 2.24) is 19.9 Å². The van der Waals surface area contributed by atoms with E-state index < -0.39 is 90.5 Å². The number of carbonyl (C=O) groups excluding carboxylic acids is 5. The maximum absolute atomic E-state index is 15.1. The summed E-state index contributed by atoms with van der Waals surface area (Å²) in [6.07, 6.45) is -5.75. The molecule has 0 aliphatic carbocycles. The number of halogens is 5. The van der Waals surface area contributed by atoms with Gasteiger partial charge in [0.2, 0.25) is 5.91 Å². The molecule has 0 radical (unpaired) electrons. The van der Waals surface area contributed by atoms with Crippen molar-refractivity contribution in [2.75, 3.05) is 31.7 Å². The van der Waals surface area contributed by atoms with Crippen molar-refractivity contribution in [3.05, 3.63) is 64.0 Å². The number of ether oxygens (including phenoxy) is 5. The Hall–Kier alpha value is -4.78. The van der Waals surface area contributed by atoms with Crippen molar-refractivity contribution < 1.29 is 60.8 Å². The second kappa shape index (κ2) is 16.7. The van der Waals surface area contributed by atoms with E-state index in [-0.39, 0.29) is 46.0 Å². The Labute approximate surface area is 316 Å². The normalized spacial score (nSPS) is 23.8. The van der Waals surface area contributed by atoms with Crippen LogP contribution in [-0.2, 0) is 47.7 Å². The fourth-order valence-electron chi connectivity index (χ4n) is 6.51. The minimum absolute atomic E-state index is 0.0740. The first-order chi connectivity index (χ1) is 25.5. The number of likely N-dealkylation sites (tertiary alicyclic amines) is 1. The van der Waals surface area contributed by atoms with Gasteiger partial charge in [0.1, 0.15) is 36.7 Å². The van der Waals surface area contributed by atoms with Crippen LogP contribution in [0.3, 0.4) is 0 Å². The van der Waals surface area contributed by atoms with E-state index in [0.717, 1.165) is 18.5 Å². The van der Waals surface area contributed by atoms with Gasteiger partial charge in [-0.25, -0.2) is 17.9 Å². The second-order valence-electron chi connectivity index (χ2n) is 12.5. The molecule has 54 heavy (non-hydrogen) atoms. The van der Waals surface area contributed by atoms with E-state index in [9.17, 15) is 32.3 Å². The molecular weight excluding hydrogens is 766 g/mol. The van der Waals surface area contributed by atoms with Gasteiger partial charge in [0.15, 0.2) is 29.7 Å². The highest BCUT2D eigenvalue weighted by Gasteiger charge is 2.55. The highest BCUT2D eigenvalue weighted by molar-refractivity contribution is 6.35. The van der Waals surface area contributed by atoms with Crippen LogP contribution >= 0.6 is 23.2 Å². The molecule has 2 aliphatic heterocycles. The largest absolute Gasteiger partial charge is 0.463 e. The third-order valence-electron chi connectivity index (χ3n) is 8.72. The van der Waals surface area contributed by atoms with Crippen molar-refractivity contribution in [2.45, 2.75) is 70.3 Å². The SMILES string of the molecule is COC1C(C(=O)N(c2cc(Cl)cc(Cl)c2)[C@H]2CN(C(C)=O)C[C@@H]2OC(C)=O)OC(COC(C)=O)C(OC(C)=O)C1n1cc(-c2cc(F)c(F)c(F)c2)nn1. The summed E-state index contributed by atoms with van der Waals surface area (Å²) >= 11 is 12.8. The molecule has 0 saturated carbocycles. The highest BCUT2D eigenvalue weighted by atomic mass is 35.5. The summed E-state index contributed by atoms with van der Waals surface area (Å²) in [6, 6.07) is 3.27. The van der Waals surface area contributed by atoms with Gasteiger partial charge in [-0.3, -0.25) is 24.0 Å². The van der Waals surface area contributed by atoms with Gasteiger partial charge >= 0.3 is 17.9 Å². The van der Waals surface area contributed by atoms with Crippen LogP contribution in [-0.4, -0.2) is 113 Å². The third-order valence-corrected chi connectivity index (χ3v) is 9.15. The van der Waals surface area contributed by atoms with Gasteiger partial charge in [0.05, 0.1) is 18.8 Å². The van der Waals surface area contributed by atoms with Crippen LogP contribution in [0.5, 0.6) is 0 Å². The Morgan fingerprint density at radius 2 is 1.52 bits per heavy atom. The Kier molecular flexibility index (Phi) is 12.5. The molecule has 0 bridgehead atoms. The number of anilines is 1. The van der Waals surface area contributed by atoms with Crippen molar-refractivity contribution >= 4 is 58.6 Å². The molecule has 20 heteroatoms. The number of amides is 2. The van der Waals surface area contributed by atoms with E-state index in [0.29, 0.717) is 12.1 Å². The number of benzene rings is 2. The van der Waals surface area contributed by atoms with Crippen LogP contribution < -0.4 is 4.90 Å². The lowest BCUT2D eigenvalue weighted by Crippen LogP contribution is -2.64. The number of hydrogen-bond acceptors (Lipinski definition) is 12. The lowest BCUT2D eigenvalue weighted by Gasteiger charge is -2.46. The Bertz CT molecular complexity index is 1910. The molecule has 0 spiro atoms. The molecule has 15 nitrogen and oxygen atoms in total. The van der Waals surface area contributed by atoms with Gasteiger partial charge in [-0.15, -0.1) is 5.10 Å². The number of aromatic nitrogens is 3. The summed E-state index contributed by atoms with van der Waals surface area (Å²) in [4.78, 5) is 67.0. The molecular formula is C34H34Cl2F3N5O10. The highest BCUT2D eigenvalue weighted by Crippen LogP contribution is 2.38. The molecule has 3 heterocycles. The molecule has 2 aromatic carbocycles. The lowest BCUT2D eigenvalue weighted by molar-refractivity contribution is -0.223.